The highest BCUT2D eigenvalue weighted by atomic mass is 16.7. The molecule has 1 fully saturated rings. The number of nitrogens with one attached hydrogen (secondary N) is 1. The third-order valence-electron chi connectivity index (χ3n) is 16.2. The van der Waals surface area contributed by atoms with E-state index < -0.39 is 67.4 Å². The summed E-state index contributed by atoms with van der Waals surface area (Å²) in [6.45, 7) is 5.56. The fraction of sp³-hybridized carbons (Fsp3) is 0.675. The summed E-state index contributed by atoms with van der Waals surface area (Å²) in [6, 6.07) is -1.04. The number of aliphatic hydroxyl groups is 5. The predicted octanol–water partition coefficient (Wildman–Crippen LogP) is 19.3. The van der Waals surface area contributed by atoms with E-state index in [1.54, 1.807) is 6.08 Å². The molecule has 91 heavy (non-hydrogen) atoms. The number of hydrogen-bond acceptors (Lipinski definition) is 10. The molecule has 0 aromatic heterocycles. The third kappa shape index (κ3) is 52.6. The molecule has 1 aliphatic rings. The van der Waals surface area contributed by atoms with E-state index in [2.05, 4.69) is 160 Å². The van der Waals surface area contributed by atoms with Crippen LogP contribution in [0.15, 0.2) is 146 Å². The number of rotatable bonds is 61. The number of hydrogen-bond donors (Lipinski definition) is 6. The van der Waals surface area contributed by atoms with E-state index in [1.165, 1.54) is 70.6 Å². The summed E-state index contributed by atoms with van der Waals surface area (Å²) in [4.78, 5) is 26.7. The molecule has 0 aromatic carbocycles. The molecular formula is C80H133NO10. The second-order valence-corrected chi connectivity index (χ2v) is 24.6. The first kappa shape index (κ1) is 84.6. The molecule has 0 radical (unpaired) electrons. The van der Waals surface area contributed by atoms with E-state index >= 15 is 0 Å². The van der Waals surface area contributed by atoms with Crippen LogP contribution in [0.25, 0.3) is 0 Å². The van der Waals surface area contributed by atoms with Gasteiger partial charge in [0.05, 0.1) is 25.4 Å². The molecular weight excluding hydrogens is 1130 g/mol. The Balaban J connectivity index is 2.56. The van der Waals surface area contributed by atoms with Crippen LogP contribution < -0.4 is 5.32 Å². The normalized spacial score (nSPS) is 18.9. The highest BCUT2D eigenvalue weighted by Crippen LogP contribution is 2.26. The van der Waals surface area contributed by atoms with Gasteiger partial charge in [0.15, 0.2) is 12.4 Å². The van der Waals surface area contributed by atoms with Crippen molar-refractivity contribution in [3.8, 4) is 0 Å². The molecule has 1 amide bonds. The summed E-state index contributed by atoms with van der Waals surface area (Å²) < 4.78 is 17.7. The Kier molecular flexibility index (Phi) is 60.9. The number of aliphatic hydroxyl groups excluding tert-OH is 5. The van der Waals surface area contributed by atoms with Gasteiger partial charge >= 0.3 is 5.97 Å². The molecule has 11 nitrogen and oxygen atoms in total. The van der Waals surface area contributed by atoms with E-state index in [4.69, 9.17) is 14.2 Å². The summed E-state index contributed by atoms with van der Waals surface area (Å²) in [6.07, 6.45) is 84.5. The average Bonchev–Trinajstić information content (AvgIpc) is 1.02. The molecule has 0 bridgehead atoms. The molecule has 518 valence electrons. The first-order valence-electron chi connectivity index (χ1n) is 36.6. The standard InChI is InChI=1S/C80H133NO10/c1-4-7-10-13-16-19-22-24-26-28-30-32-34-36-38-39-41-43-45-47-49-52-55-58-61-64-67-73(84)79(88)81-71(72(83)66-63-60-57-54-51-21-18-15-12-9-6-3)70-89-80-78(77(87)76(86)74(69-82)90-80)91-75(85)68-65-62-59-56-53-50-48-46-44-42-40-37-35-33-31-29-27-25-23-20-17-14-11-8-5-2/h7-8,10-11,16-17,19-20,24-27,30-33,36-38,40-41,43,63,66,71-74,76-78,80,82-84,86-87H,4-6,9,12-15,18,21-23,28-29,34-35,39,42,44-62,64-65,67-70H2,1-3H3,(H,81,88)/b10-7-,11-8-,19-16-,20-17-,26-24-,27-25-,32-30-,33-31-,38-36-,40-37-,43-41-,66-63+. The second kappa shape index (κ2) is 65.6. The van der Waals surface area contributed by atoms with Gasteiger partial charge in [-0.25, -0.2) is 0 Å². The molecule has 0 saturated carbocycles. The number of carbonyl (C=O) groups is 2. The second-order valence-electron chi connectivity index (χ2n) is 24.6. The predicted molar refractivity (Wildman–Crippen MR) is 384 cm³/mol. The zero-order chi connectivity index (χ0) is 66.0. The molecule has 6 N–H and O–H groups in total. The zero-order valence-corrected chi connectivity index (χ0v) is 57.7. The maximum absolute atomic E-state index is 13.5. The molecule has 8 atom stereocenters. The van der Waals surface area contributed by atoms with E-state index in [0.717, 1.165) is 167 Å². The Morgan fingerprint density at radius 2 is 0.791 bits per heavy atom. The molecule has 1 heterocycles. The summed E-state index contributed by atoms with van der Waals surface area (Å²) in [5.74, 6) is -1.22. The Hall–Kier alpha value is -4.46. The van der Waals surface area contributed by atoms with Crippen LogP contribution >= 0.6 is 0 Å². The van der Waals surface area contributed by atoms with Crippen molar-refractivity contribution < 1.29 is 49.3 Å². The molecule has 1 rings (SSSR count). The number of esters is 1. The molecule has 0 aliphatic carbocycles. The Labute approximate surface area is 555 Å². The lowest BCUT2D eigenvalue weighted by molar-refractivity contribution is -0.305. The van der Waals surface area contributed by atoms with Crippen molar-refractivity contribution in [1.29, 1.82) is 0 Å². The van der Waals surface area contributed by atoms with Gasteiger partial charge in [-0.3, -0.25) is 9.59 Å². The number of allylic oxidation sites excluding steroid dienone is 23. The van der Waals surface area contributed by atoms with Crippen LogP contribution in [0.5, 0.6) is 0 Å². The van der Waals surface area contributed by atoms with Gasteiger partial charge < -0.3 is 45.1 Å². The quantitative estimate of drug-likeness (QED) is 0.0195. The smallest absolute Gasteiger partial charge is 0.306 e. The maximum atomic E-state index is 13.5. The van der Waals surface area contributed by atoms with Crippen molar-refractivity contribution in [2.24, 2.45) is 0 Å². The summed E-state index contributed by atoms with van der Waals surface area (Å²) >= 11 is 0. The van der Waals surface area contributed by atoms with E-state index in [0.29, 0.717) is 12.8 Å². The van der Waals surface area contributed by atoms with Crippen molar-refractivity contribution in [2.45, 2.75) is 333 Å². The van der Waals surface area contributed by atoms with E-state index in [9.17, 15) is 35.1 Å². The number of unbranched alkanes of at least 4 members (excludes halogenated alkanes) is 25. The van der Waals surface area contributed by atoms with E-state index in [1.807, 2.05) is 6.08 Å². The zero-order valence-electron chi connectivity index (χ0n) is 57.7. The molecule has 1 saturated heterocycles. The van der Waals surface area contributed by atoms with Gasteiger partial charge in [-0.15, -0.1) is 0 Å². The maximum Gasteiger partial charge on any atom is 0.306 e. The first-order valence-corrected chi connectivity index (χ1v) is 36.6. The Morgan fingerprint density at radius 3 is 1.19 bits per heavy atom. The van der Waals surface area contributed by atoms with Crippen LogP contribution in [0.2, 0.25) is 0 Å². The number of amides is 1. The van der Waals surface area contributed by atoms with Crippen LogP contribution in [0.1, 0.15) is 284 Å². The van der Waals surface area contributed by atoms with Gasteiger partial charge in [-0.2, -0.15) is 0 Å². The Bertz CT molecular complexity index is 2040. The van der Waals surface area contributed by atoms with Crippen LogP contribution in [0.4, 0.5) is 0 Å². The van der Waals surface area contributed by atoms with Crippen molar-refractivity contribution in [3.63, 3.8) is 0 Å². The summed E-state index contributed by atoms with van der Waals surface area (Å²) in [7, 11) is 0. The monoisotopic (exact) mass is 1270 g/mol. The van der Waals surface area contributed by atoms with Crippen LogP contribution in [0.3, 0.4) is 0 Å². The molecule has 0 spiro atoms. The molecule has 1 aliphatic heterocycles. The van der Waals surface area contributed by atoms with Crippen molar-refractivity contribution >= 4 is 11.9 Å². The lowest BCUT2D eigenvalue weighted by Crippen LogP contribution is -2.61. The van der Waals surface area contributed by atoms with Crippen LogP contribution in [0, 0.1) is 0 Å². The first-order chi connectivity index (χ1) is 44.7. The lowest BCUT2D eigenvalue weighted by atomic mass is 9.99. The highest BCUT2D eigenvalue weighted by Gasteiger charge is 2.47. The van der Waals surface area contributed by atoms with Gasteiger partial charge in [-0.1, -0.05) is 301 Å². The Morgan fingerprint density at radius 1 is 0.440 bits per heavy atom. The van der Waals surface area contributed by atoms with Crippen molar-refractivity contribution in [1.82, 2.24) is 5.32 Å². The fourth-order valence-electron chi connectivity index (χ4n) is 10.6. The van der Waals surface area contributed by atoms with Crippen molar-refractivity contribution in [2.75, 3.05) is 13.2 Å². The van der Waals surface area contributed by atoms with Crippen LogP contribution in [-0.4, -0.2) is 99.6 Å². The number of carbonyl (C=O) groups excluding carboxylic acids is 2. The van der Waals surface area contributed by atoms with E-state index in [-0.39, 0.29) is 19.4 Å². The van der Waals surface area contributed by atoms with Gasteiger partial charge in [0, 0.05) is 6.42 Å². The molecule has 8 unspecified atom stereocenters. The highest BCUT2D eigenvalue weighted by molar-refractivity contribution is 5.80. The number of ether oxygens (including phenoxy) is 3. The average molecular weight is 1270 g/mol. The third-order valence-corrected chi connectivity index (χ3v) is 16.2. The molecule has 0 aromatic rings. The minimum atomic E-state index is -1.63. The SMILES string of the molecule is CC/C=C\C/C=C\C/C=C\C/C=C\C/C=C\C/C=C\CCCCCCCCCC(O)C(=O)NC(COC1OC(CO)C(O)C(O)C1OC(=O)CCCCCCCCCCC/C=C\C/C=C\C/C=C\C/C=C\C/C=C\CC)C(O)/C=C/CCCCCCCCCCC. The van der Waals surface area contributed by atoms with Gasteiger partial charge in [0.2, 0.25) is 5.91 Å². The minimum Gasteiger partial charge on any atom is -0.454 e. The van der Waals surface area contributed by atoms with Gasteiger partial charge in [0.25, 0.3) is 0 Å². The van der Waals surface area contributed by atoms with Gasteiger partial charge in [0.1, 0.15) is 24.4 Å². The molecule has 11 heteroatoms. The minimum absolute atomic E-state index is 0.107. The topological polar surface area (TPSA) is 175 Å². The van der Waals surface area contributed by atoms with Crippen LogP contribution in [-0.2, 0) is 23.8 Å². The summed E-state index contributed by atoms with van der Waals surface area (Å²) in [5, 5.41) is 57.3. The lowest BCUT2D eigenvalue weighted by Gasteiger charge is -2.41. The van der Waals surface area contributed by atoms with Gasteiger partial charge in [-0.05, 0) is 122 Å². The van der Waals surface area contributed by atoms with Crippen molar-refractivity contribution in [3.05, 3.63) is 146 Å². The fourth-order valence-corrected chi connectivity index (χ4v) is 10.6. The largest absolute Gasteiger partial charge is 0.454 e. The summed E-state index contributed by atoms with van der Waals surface area (Å²) in [5.41, 5.74) is 0.